The molecule has 0 radical (unpaired) electrons. The van der Waals surface area contributed by atoms with E-state index in [0.29, 0.717) is 19.4 Å². The number of ether oxygens (including phenoxy) is 1. The van der Waals surface area contributed by atoms with Crippen molar-refractivity contribution in [2.24, 2.45) is 5.84 Å². The smallest absolute Gasteiger partial charge is 0.407 e. The van der Waals surface area contributed by atoms with Crippen LogP contribution in [0.25, 0.3) is 0 Å². The van der Waals surface area contributed by atoms with Gasteiger partial charge >= 0.3 is 6.09 Å². The molecule has 0 bridgehead atoms. The molecule has 0 saturated carbocycles. The topological polar surface area (TPSA) is 128 Å². The molecule has 0 spiro atoms. The van der Waals surface area contributed by atoms with E-state index in [1.165, 1.54) is 24.3 Å². The highest BCUT2D eigenvalue weighted by molar-refractivity contribution is 5.92. The fourth-order valence-corrected chi connectivity index (χ4v) is 1.93. The molecule has 0 aliphatic rings. The predicted octanol–water partition coefficient (Wildman–Crippen LogP) is 2.50. The second-order valence-corrected chi connectivity index (χ2v) is 6.43. The van der Waals surface area contributed by atoms with Gasteiger partial charge in [-0.2, -0.15) is 0 Å². The molecule has 1 rings (SSSR count). The van der Waals surface area contributed by atoms with Crippen LogP contribution in [0.15, 0.2) is 24.3 Å². The number of unbranched alkanes of at least 4 members (excludes halogenated alkanes) is 1. The maximum atomic E-state index is 12.0. The number of carbonyl (C=O) groups excluding carboxylic acids is 2. The van der Waals surface area contributed by atoms with Gasteiger partial charge < -0.3 is 10.1 Å². The molecule has 1 aromatic carbocycles. The van der Waals surface area contributed by atoms with Crippen LogP contribution in [0.1, 0.15) is 40.0 Å². The number of nitro groups is 1. The Kier molecular flexibility index (Phi) is 7.31. The standard InChI is InChI=1S/C16H24N4O5/c1-16(2,3)25-15(22)18-10-5-4-9-14(21)19(17)12-7-6-8-13(11-12)20(23)24/h6-8,11H,4-5,9-10,17H2,1-3H3,(H,18,22). The Morgan fingerprint density at radius 2 is 2.00 bits per heavy atom. The van der Waals surface area contributed by atoms with Crippen molar-refractivity contribution in [2.45, 2.75) is 45.6 Å². The first-order chi connectivity index (χ1) is 11.6. The SMILES string of the molecule is CC(C)(C)OC(=O)NCCCCC(=O)N(N)c1cccc([N+](=O)[O-])c1. The van der Waals surface area contributed by atoms with E-state index in [4.69, 9.17) is 10.6 Å². The van der Waals surface area contributed by atoms with Crippen molar-refractivity contribution in [3.63, 3.8) is 0 Å². The molecule has 0 heterocycles. The van der Waals surface area contributed by atoms with E-state index in [9.17, 15) is 19.7 Å². The van der Waals surface area contributed by atoms with Crippen LogP contribution in [0.3, 0.4) is 0 Å². The first kappa shape index (κ1) is 20.4. The summed E-state index contributed by atoms with van der Waals surface area (Å²) in [5.74, 6) is 5.35. The first-order valence-electron chi connectivity index (χ1n) is 7.89. The number of nitrogens with one attached hydrogen (secondary N) is 1. The lowest BCUT2D eigenvalue weighted by atomic mass is 10.2. The number of nitrogens with two attached hydrogens (primary N) is 1. The summed E-state index contributed by atoms with van der Waals surface area (Å²) in [6.07, 6.45) is 0.746. The number of benzene rings is 1. The first-order valence-corrected chi connectivity index (χ1v) is 7.89. The van der Waals surface area contributed by atoms with Crippen LogP contribution in [0.4, 0.5) is 16.2 Å². The molecule has 0 aliphatic heterocycles. The average molecular weight is 352 g/mol. The number of nitro benzene ring substituents is 1. The Labute approximate surface area is 146 Å². The molecule has 0 aromatic heterocycles. The van der Waals surface area contributed by atoms with E-state index in [-0.39, 0.29) is 23.7 Å². The van der Waals surface area contributed by atoms with E-state index < -0.39 is 16.6 Å². The van der Waals surface area contributed by atoms with Gasteiger partial charge in [0, 0.05) is 25.1 Å². The van der Waals surface area contributed by atoms with Crippen molar-refractivity contribution >= 4 is 23.4 Å². The molecule has 0 saturated heterocycles. The summed E-state index contributed by atoms with van der Waals surface area (Å²) >= 11 is 0. The summed E-state index contributed by atoms with van der Waals surface area (Å²) in [5.41, 5.74) is -0.438. The third-order valence-corrected chi connectivity index (χ3v) is 3.07. The molecule has 138 valence electrons. The Morgan fingerprint density at radius 1 is 1.32 bits per heavy atom. The number of hydrogen-bond donors (Lipinski definition) is 2. The number of non-ortho nitro benzene ring substituents is 1. The number of rotatable bonds is 7. The van der Waals surface area contributed by atoms with E-state index in [1.54, 1.807) is 20.8 Å². The van der Waals surface area contributed by atoms with Gasteiger partial charge in [-0.15, -0.1) is 0 Å². The minimum absolute atomic E-state index is 0.137. The molecule has 0 atom stereocenters. The van der Waals surface area contributed by atoms with Gasteiger partial charge in [-0.05, 0) is 39.7 Å². The van der Waals surface area contributed by atoms with Crippen LogP contribution in [0.5, 0.6) is 0 Å². The van der Waals surface area contributed by atoms with Crippen molar-refractivity contribution in [3.05, 3.63) is 34.4 Å². The fraction of sp³-hybridized carbons (Fsp3) is 0.500. The van der Waals surface area contributed by atoms with Gasteiger partial charge in [0.15, 0.2) is 0 Å². The molecular weight excluding hydrogens is 328 g/mol. The van der Waals surface area contributed by atoms with Crippen LogP contribution in [0, 0.1) is 10.1 Å². The Bertz CT molecular complexity index is 627. The number of anilines is 1. The van der Waals surface area contributed by atoms with Gasteiger partial charge in [0.05, 0.1) is 10.6 Å². The van der Waals surface area contributed by atoms with Gasteiger partial charge in [0.1, 0.15) is 5.60 Å². The maximum absolute atomic E-state index is 12.0. The molecule has 9 heteroatoms. The van der Waals surface area contributed by atoms with Gasteiger partial charge in [0.2, 0.25) is 5.91 Å². The van der Waals surface area contributed by atoms with Gasteiger partial charge in [-0.25, -0.2) is 15.6 Å². The summed E-state index contributed by atoms with van der Waals surface area (Å²) in [4.78, 5) is 33.7. The second-order valence-electron chi connectivity index (χ2n) is 6.43. The van der Waals surface area contributed by atoms with Crippen molar-refractivity contribution in [2.75, 3.05) is 11.6 Å². The highest BCUT2D eigenvalue weighted by Crippen LogP contribution is 2.19. The van der Waals surface area contributed by atoms with Crippen LogP contribution in [-0.4, -0.2) is 29.1 Å². The zero-order valence-corrected chi connectivity index (χ0v) is 14.7. The summed E-state index contributed by atoms with van der Waals surface area (Å²) in [5, 5.41) is 14.2. The lowest BCUT2D eigenvalue weighted by Gasteiger charge is -2.19. The third kappa shape index (κ3) is 7.62. The molecule has 9 nitrogen and oxygen atoms in total. The van der Waals surface area contributed by atoms with E-state index >= 15 is 0 Å². The fourth-order valence-electron chi connectivity index (χ4n) is 1.93. The summed E-state index contributed by atoms with van der Waals surface area (Å²) in [6.45, 7) is 5.70. The van der Waals surface area contributed by atoms with E-state index in [1.807, 2.05) is 0 Å². The van der Waals surface area contributed by atoms with Gasteiger partial charge in [-0.3, -0.25) is 14.9 Å². The number of hydrazine groups is 1. The maximum Gasteiger partial charge on any atom is 0.407 e. The highest BCUT2D eigenvalue weighted by atomic mass is 16.6. The summed E-state index contributed by atoms with van der Waals surface area (Å²) in [6, 6.07) is 5.55. The number of nitrogens with zero attached hydrogens (tertiary/aromatic N) is 2. The summed E-state index contributed by atoms with van der Waals surface area (Å²) in [7, 11) is 0. The lowest BCUT2D eigenvalue weighted by molar-refractivity contribution is -0.384. The normalized spacial score (nSPS) is 10.9. The molecule has 0 aliphatic carbocycles. The average Bonchev–Trinajstić information content (AvgIpc) is 2.52. The van der Waals surface area contributed by atoms with Crippen molar-refractivity contribution in [3.8, 4) is 0 Å². The zero-order valence-electron chi connectivity index (χ0n) is 14.7. The van der Waals surface area contributed by atoms with Crippen molar-refractivity contribution < 1.29 is 19.2 Å². The van der Waals surface area contributed by atoms with Crippen LogP contribution in [-0.2, 0) is 9.53 Å². The number of hydrogen-bond acceptors (Lipinski definition) is 6. The quantitative estimate of drug-likeness (QED) is 0.255. The Hall–Kier alpha value is -2.68. The highest BCUT2D eigenvalue weighted by Gasteiger charge is 2.16. The van der Waals surface area contributed by atoms with Gasteiger partial charge in [-0.1, -0.05) is 6.07 Å². The van der Waals surface area contributed by atoms with E-state index in [0.717, 1.165) is 5.01 Å². The van der Waals surface area contributed by atoms with Gasteiger partial charge in [0.25, 0.3) is 5.69 Å². The van der Waals surface area contributed by atoms with Crippen LogP contribution >= 0.6 is 0 Å². The predicted molar refractivity (Wildman–Crippen MR) is 92.9 cm³/mol. The Morgan fingerprint density at radius 3 is 2.60 bits per heavy atom. The molecule has 1 aromatic rings. The lowest BCUT2D eigenvalue weighted by Crippen LogP contribution is -2.37. The minimum atomic E-state index is -0.557. The molecular formula is C16H24N4O5. The zero-order chi connectivity index (χ0) is 19.0. The number of carbonyl (C=O) groups is 2. The van der Waals surface area contributed by atoms with Crippen LogP contribution in [0.2, 0.25) is 0 Å². The van der Waals surface area contributed by atoms with Crippen molar-refractivity contribution in [1.82, 2.24) is 5.32 Å². The van der Waals surface area contributed by atoms with Crippen molar-refractivity contribution in [1.29, 1.82) is 0 Å². The van der Waals surface area contributed by atoms with E-state index in [2.05, 4.69) is 5.32 Å². The molecule has 0 unspecified atom stereocenters. The molecule has 0 fully saturated rings. The summed E-state index contributed by atoms with van der Waals surface area (Å²) < 4.78 is 5.09. The number of amides is 2. The third-order valence-electron chi connectivity index (χ3n) is 3.07. The number of alkyl carbamates (subject to hydrolysis) is 1. The molecule has 3 N–H and O–H groups in total. The van der Waals surface area contributed by atoms with Crippen LogP contribution < -0.4 is 16.2 Å². The minimum Gasteiger partial charge on any atom is -0.444 e. The molecule has 25 heavy (non-hydrogen) atoms. The second kappa shape index (κ2) is 8.97. The molecule has 2 amide bonds. The monoisotopic (exact) mass is 352 g/mol. The largest absolute Gasteiger partial charge is 0.444 e. The Balaban J connectivity index is 2.36.